The molecule has 2 aromatic rings. The lowest BCUT2D eigenvalue weighted by molar-refractivity contribution is -0.148. The van der Waals surface area contributed by atoms with Gasteiger partial charge in [-0.15, -0.1) is 0 Å². The van der Waals surface area contributed by atoms with Crippen molar-refractivity contribution in [1.29, 1.82) is 0 Å². The summed E-state index contributed by atoms with van der Waals surface area (Å²) in [5.41, 5.74) is 1.88. The first-order valence-electron chi connectivity index (χ1n) is 8.82. The van der Waals surface area contributed by atoms with Gasteiger partial charge in [-0.1, -0.05) is 48.5 Å². The first-order valence-corrected chi connectivity index (χ1v) is 8.82. The highest BCUT2D eigenvalue weighted by molar-refractivity contribution is 5.83. The Bertz CT molecular complexity index is 748. The number of carbonyl (C=O) groups is 2. The number of rotatable bonds is 6. The molecule has 0 saturated heterocycles. The molecule has 0 aromatic heterocycles. The Morgan fingerprint density at radius 2 is 1.81 bits per heavy atom. The Hall–Kier alpha value is -2.82. The Labute approximate surface area is 153 Å². The number of nitrogens with one attached hydrogen (secondary N) is 1. The Morgan fingerprint density at radius 1 is 1.12 bits per heavy atom. The monoisotopic (exact) mass is 353 g/mol. The van der Waals surface area contributed by atoms with E-state index in [9.17, 15) is 9.59 Å². The molecule has 26 heavy (non-hydrogen) atoms. The summed E-state index contributed by atoms with van der Waals surface area (Å²) < 4.78 is 11.0. The zero-order chi connectivity index (χ0) is 18.5. The second-order valence-corrected chi connectivity index (χ2v) is 6.63. The van der Waals surface area contributed by atoms with Gasteiger partial charge in [0.2, 0.25) is 0 Å². The molecule has 136 valence electrons. The van der Waals surface area contributed by atoms with Crippen molar-refractivity contribution >= 4 is 11.9 Å². The molecule has 0 saturated carbocycles. The third kappa shape index (κ3) is 4.42. The quantitative estimate of drug-likeness (QED) is 0.810. The van der Waals surface area contributed by atoms with Crippen LogP contribution in [-0.2, 0) is 20.7 Å². The minimum absolute atomic E-state index is 0.0770. The van der Waals surface area contributed by atoms with Crippen molar-refractivity contribution in [3.63, 3.8) is 0 Å². The number of hydrogen-bond acceptors (Lipinski definition) is 4. The summed E-state index contributed by atoms with van der Waals surface area (Å²) >= 11 is 0. The summed E-state index contributed by atoms with van der Waals surface area (Å²) in [5.74, 6) is 0.167. The average molecular weight is 353 g/mol. The van der Waals surface area contributed by atoms with Crippen LogP contribution < -0.4 is 10.1 Å². The van der Waals surface area contributed by atoms with Crippen LogP contribution in [0.4, 0.5) is 0 Å². The van der Waals surface area contributed by atoms with Gasteiger partial charge in [0.15, 0.2) is 6.10 Å². The molecule has 0 spiro atoms. The summed E-state index contributed by atoms with van der Waals surface area (Å²) in [6, 6.07) is 16.6. The van der Waals surface area contributed by atoms with Crippen molar-refractivity contribution < 1.29 is 19.1 Å². The first-order chi connectivity index (χ1) is 12.5. The molecule has 5 nitrogen and oxygen atoms in total. The van der Waals surface area contributed by atoms with Crippen LogP contribution >= 0.6 is 0 Å². The van der Waals surface area contributed by atoms with E-state index in [2.05, 4.69) is 5.32 Å². The van der Waals surface area contributed by atoms with E-state index >= 15 is 0 Å². The van der Waals surface area contributed by atoms with Crippen molar-refractivity contribution in [3.8, 4) is 5.75 Å². The average Bonchev–Trinajstić information content (AvgIpc) is 3.05. The highest BCUT2D eigenvalue weighted by atomic mass is 16.5. The molecule has 2 aromatic carbocycles. The largest absolute Gasteiger partial charge is 0.480 e. The molecule has 0 fully saturated rings. The Kier molecular flexibility index (Phi) is 5.56. The van der Waals surface area contributed by atoms with Gasteiger partial charge in [-0.3, -0.25) is 9.59 Å². The maximum atomic E-state index is 12.7. The van der Waals surface area contributed by atoms with Crippen LogP contribution in [0.1, 0.15) is 37.4 Å². The molecular formula is C21H23NO4. The van der Waals surface area contributed by atoms with Gasteiger partial charge in [0, 0.05) is 6.42 Å². The lowest BCUT2D eigenvalue weighted by Crippen LogP contribution is -2.40. The number of hydrogen-bond donors (Lipinski definition) is 1. The lowest BCUT2D eigenvalue weighted by atomic mass is 10.0. The summed E-state index contributed by atoms with van der Waals surface area (Å²) in [6.07, 6.45) is -0.171. The maximum Gasteiger partial charge on any atom is 0.308 e. The second-order valence-electron chi connectivity index (χ2n) is 6.63. The molecular weight excluding hydrogens is 330 g/mol. The number of para-hydroxylation sites is 1. The van der Waals surface area contributed by atoms with E-state index in [1.807, 2.05) is 54.6 Å². The van der Waals surface area contributed by atoms with E-state index in [1.165, 1.54) is 0 Å². The van der Waals surface area contributed by atoms with E-state index in [0.717, 1.165) is 16.9 Å². The van der Waals surface area contributed by atoms with Gasteiger partial charge in [0.05, 0.1) is 18.6 Å². The minimum atomic E-state index is -0.584. The number of esters is 1. The van der Waals surface area contributed by atoms with E-state index in [4.69, 9.17) is 9.47 Å². The van der Waals surface area contributed by atoms with Gasteiger partial charge in [-0.05, 0) is 31.0 Å². The Morgan fingerprint density at radius 3 is 2.50 bits per heavy atom. The molecule has 1 amide bonds. The molecule has 3 rings (SSSR count). The fraction of sp³-hybridized carbons (Fsp3) is 0.333. The predicted molar refractivity (Wildman–Crippen MR) is 97.7 cm³/mol. The van der Waals surface area contributed by atoms with Crippen molar-refractivity contribution in [2.24, 2.45) is 0 Å². The SMILES string of the molecule is CC(C)OC(=O)CC(NC(=O)C1Cc2ccccc2O1)c1ccccc1. The van der Waals surface area contributed by atoms with Crippen molar-refractivity contribution in [3.05, 3.63) is 65.7 Å². The van der Waals surface area contributed by atoms with E-state index in [-0.39, 0.29) is 24.4 Å². The topological polar surface area (TPSA) is 64.6 Å². The summed E-state index contributed by atoms with van der Waals surface area (Å²) in [6.45, 7) is 3.61. The standard InChI is InChI=1S/C21H23NO4/c1-14(2)25-20(23)13-17(15-8-4-3-5-9-15)22-21(24)19-12-16-10-6-7-11-18(16)26-19/h3-11,14,17,19H,12-13H2,1-2H3,(H,22,24). The molecule has 1 heterocycles. The van der Waals surface area contributed by atoms with E-state index < -0.39 is 12.1 Å². The van der Waals surface area contributed by atoms with Crippen LogP contribution in [0, 0.1) is 0 Å². The maximum absolute atomic E-state index is 12.7. The lowest BCUT2D eigenvalue weighted by Gasteiger charge is -2.21. The number of ether oxygens (including phenoxy) is 2. The zero-order valence-electron chi connectivity index (χ0n) is 15.0. The fourth-order valence-corrected chi connectivity index (χ4v) is 3.01. The van der Waals surface area contributed by atoms with Gasteiger partial charge in [0.1, 0.15) is 5.75 Å². The molecule has 0 radical (unpaired) electrons. The van der Waals surface area contributed by atoms with E-state index in [1.54, 1.807) is 13.8 Å². The second kappa shape index (κ2) is 8.04. The number of benzene rings is 2. The highest BCUT2D eigenvalue weighted by Crippen LogP contribution is 2.29. The van der Waals surface area contributed by atoms with Crippen molar-refractivity contribution in [2.75, 3.05) is 0 Å². The van der Waals surface area contributed by atoms with Crippen LogP contribution in [0.3, 0.4) is 0 Å². The molecule has 0 aliphatic carbocycles. The summed E-state index contributed by atoms with van der Waals surface area (Å²) in [5, 5.41) is 2.95. The van der Waals surface area contributed by atoms with Gasteiger partial charge >= 0.3 is 5.97 Å². The van der Waals surface area contributed by atoms with Crippen LogP contribution in [0.5, 0.6) is 5.75 Å². The highest BCUT2D eigenvalue weighted by Gasteiger charge is 2.31. The minimum Gasteiger partial charge on any atom is -0.480 e. The smallest absolute Gasteiger partial charge is 0.308 e. The van der Waals surface area contributed by atoms with Crippen LogP contribution in [0.2, 0.25) is 0 Å². The van der Waals surface area contributed by atoms with Crippen molar-refractivity contribution in [2.45, 2.75) is 44.9 Å². The zero-order valence-corrected chi connectivity index (χ0v) is 15.0. The molecule has 2 unspecified atom stereocenters. The van der Waals surface area contributed by atoms with Crippen molar-refractivity contribution in [1.82, 2.24) is 5.32 Å². The van der Waals surface area contributed by atoms with Crippen LogP contribution in [0.15, 0.2) is 54.6 Å². The fourth-order valence-electron chi connectivity index (χ4n) is 3.01. The first kappa shape index (κ1) is 18.0. The van der Waals surface area contributed by atoms with Gasteiger partial charge < -0.3 is 14.8 Å². The normalized spacial score (nSPS) is 16.5. The van der Waals surface area contributed by atoms with E-state index in [0.29, 0.717) is 6.42 Å². The summed E-state index contributed by atoms with van der Waals surface area (Å²) in [7, 11) is 0. The molecule has 1 aliphatic heterocycles. The molecule has 5 heteroatoms. The number of carbonyl (C=O) groups excluding carboxylic acids is 2. The number of fused-ring (bicyclic) bond motifs is 1. The third-order valence-electron chi connectivity index (χ3n) is 4.20. The number of amides is 1. The Balaban J connectivity index is 1.69. The van der Waals surface area contributed by atoms with Crippen LogP contribution in [0.25, 0.3) is 0 Å². The third-order valence-corrected chi connectivity index (χ3v) is 4.20. The molecule has 1 aliphatic rings. The van der Waals surface area contributed by atoms with Gasteiger partial charge in [-0.2, -0.15) is 0 Å². The molecule has 2 atom stereocenters. The molecule has 1 N–H and O–H groups in total. The summed E-state index contributed by atoms with van der Waals surface area (Å²) in [4.78, 5) is 24.8. The van der Waals surface area contributed by atoms with Crippen LogP contribution in [-0.4, -0.2) is 24.1 Å². The molecule has 0 bridgehead atoms. The predicted octanol–water partition coefficient (Wildman–Crippen LogP) is 3.19. The van der Waals surface area contributed by atoms with Gasteiger partial charge in [-0.25, -0.2) is 0 Å². The van der Waals surface area contributed by atoms with Gasteiger partial charge in [0.25, 0.3) is 5.91 Å².